The maximum Gasteiger partial charge on any atom is 0.317 e. The second-order valence-electron chi connectivity index (χ2n) is 6.87. The van der Waals surface area contributed by atoms with Crippen molar-refractivity contribution in [2.24, 2.45) is 11.1 Å². The predicted octanol–water partition coefficient (Wildman–Crippen LogP) is 2.99. The van der Waals surface area contributed by atoms with Crippen molar-refractivity contribution < 1.29 is 18.8 Å². The largest absolute Gasteiger partial charge is 0.440 e. The van der Waals surface area contributed by atoms with Crippen LogP contribution in [0.15, 0.2) is 47.2 Å². The fraction of sp³-hybridized carbons (Fsp3) is 0.353. The smallest absolute Gasteiger partial charge is 0.317 e. The van der Waals surface area contributed by atoms with Crippen LogP contribution in [0.25, 0.3) is 0 Å². The Morgan fingerprint density at radius 3 is 2.50 bits per heavy atom. The molecule has 126 valence electrons. The maximum absolute atomic E-state index is 13.2. The lowest BCUT2D eigenvalue weighted by atomic mass is 9.71. The van der Waals surface area contributed by atoms with Crippen LogP contribution in [-0.2, 0) is 9.53 Å². The van der Waals surface area contributed by atoms with Crippen LogP contribution in [0, 0.1) is 21.3 Å². The maximum atomic E-state index is 13.2. The molecule has 1 atom stereocenters. The van der Waals surface area contributed by atoms with E-state index >= 15 is 0 Å². The fourth-order valence-electron chi connectivity index (χ4n) is 3.33. The highest BCUT2D eigenvalue weighted by Crippen LogP contribution is 2.47. The van der Waals surface area contributed by atoms with E-state index in [9.17, 15) is 19.3 Å². The summed E-state index contributed by atoms with van der Waals surface area (Å²) in [6.45, 7) is 3.85. The van der Waals surface area contributed by atoms with Crippen molar-refractivity contribution in [3.63, 3.8) is 0 Å². The van der Waals surface area contributed by atoms with Crippen LogP contribution in [0.5, 0.6) is 0 Å². The Labute approximate surface area is 137 Å². The number of hydrogen-bond donors (Lipinski definition) is 1. The van der Waals surface area contributed by atoms with Gasteiger partial charge in [0.2, 0.25) is 0 Å². The zero-order valence-corrected chi connectivity index (χ0v) is 13.3. The summed E-state index contributed by atoms with van der Waals surface area (Å²) in [4.78, 5) is 23.5. The van der Waals surface area contributed by atoms with Gasteiger partial charge in [-0.05, 0) is 23.1 Å². The van der Waals surface area contributed by atoms with E-state index in [1.54, 1.807) is 0 Å². The quantitative estimate of drug-likeness (QED) is 0.663. The molecular formula is C17H17FN2O4. The van der Waals surface area contributed by atoms with Gasteiger partial charge in [-0.25, -0.2) is 4.39 Å². The first-order valence-electron chi connectivity index (χ1n) is 7.53. The Bertz CT molecular complexity index is 793. The first-order valence-corrected chi connectivity index (χ1v) is 7.53. The average Bonchev–Trinajstić information content (AvgIpc) is 2.44. The number of nitrogens with two attached hydrogens (primary N) is 1. The van der Waals surface area contributed by atoms with Gasteiger partial charge >= 0.3 is 5.70 Å². The first-order chi connectivity index (χ1) is 11.2. The van der Waals surface area contributed by atoms with Crippen molar-refractivity contribution in [2.75, 3.05) is 0 Å². The van der Waals surface area contributed by atoms with Gasteiger partial charge < -0.3 is 10.5 Å². The van der Waals surface area contributed by atoms with E-state index in [2.05, 4.69) is 0 Å². The number of ether oxygens (including phenoxy) is 1. The number of halogens is 1. The molecule has 2 N–H and O–H groups in total. The van der Waals surface area contributed by atoms with Gasteiger partial charge in [0.1, 0.15) is 17.5 Å². The zero-order valence-electron chi connectivity index (χ0n) is 13.3. The number of allylic oxidation sites excluding steroid dienone is 2. The number of nitro groups is 1. The van der Waals surface area contributed by atoms with Crippen molar-refractivity contribution in [3.05, 3.63) is 68.7 Å². The summed E-state index contributed by atoms with van der Waals surface area (Å²) in [6.07, 6.45) is 0.718. The predicted molar refractivity (Wildman–Crippen MR) is 83.5 cm³/mol. The van der Waals surface area contributed by atoms with Gasteiger partial charge in [-0.3, -0.25) is 14.9 Å². The molecule has 7 heteroatoms. The van der Waals surface area contributed by atoms with Gasteiger partial charge in [0.05, 0.1) is 10.5 Å². The van der Waals surface area contributed by atoms with Crippen LogP contribution in [-0.4, -0.2) is 10.7 Å². The van der Waals surface area contributed by atoms with Crippen LogP contribution in [0.2, 0.25) is 0 Å². The normalized spacial score (nSPS) is 23.0. The molecule has 1 heterocycles. The Kier molecular flexibility index (Phi) is 3.66. The minimum Gasteiger partial charge on any atom is -0.440 e. The summed E-state index contributed by atoms with van der Waals surface area (Å²) in [5, 5.41) is 11.5. The Hall–Kier alpha value is -2.70. The molecule has 0 aromatic heterocycles. The molecule has 1 aromatic rings. The van der Waals surface area contributed by atoms with E-state index in [1.165, 1.54) is 24.3 Å². The number of rotatable bonds is 2. The van der Waals surface area contributed by atoms with E-state index in [1.807, 2.05) is 13.8 Å². The van der Waals surface area contributed by atoms with Gasteiger partial charge in [0, 0.05) is 12.8 Å². The zero-order chi connectivity index (χ0) is 17.6. The number of ketones is 1. The molecule has 6 nitrogen and oxygen atoms in total. The molecule has 0 bridgehead atoms. The molecule has 1 aliphatic heterocycles. The van der Waals surface area contributed by atoms with Gasteiger partial charge in [0.25, 0.3) is 5.88 Å². The van der Waals surface area contributed by atoms with Crippen LogP contribution in [0.1, 0.15) is 38.2 Å². The summed E-state index contributed by atoms with van der Waals surface area (Å²) in [5.74, 6) is -1.57. The molecular weight excluding hydrogens is 315 g/mol. The number of carbonyl (C=O) groups is 1. The summed E-state index contributed by atoms with van der Waals surface area (Å²) < 4.78 is 18.7. The minimum atomic E-state index is -0.951. The van der Waals surface area contributed by atoms with Gasteiger partial charge in [-0.2, -0.15) is 0 Å². The van der Waals surface area contributed by atoms with Gasteiger partial charge in [0.15, 0.2) is 5.78 Å². The summed E-state index contributed by atoms with van der Waals surface area (Å²) in [6, 6.07) is 5.27. The van der Waals surface area contributed by atoms with E-state index in [0.717, 1.165) is 0 Å². The molecule has 1 aliphatic carbocycles. The standard InChI is InChI=1S/C17H17FN2O4/c1-17(2)7-11(21)14-12(8-17)24-16(19)15(20(22)23)13(14)9-3-5-10(18)6-4-9/h3-6,13H,7-8,19H2,1-2H3/t13-/m1/s1. The first kappa shape index (κ1) is 16.2. The van der Waals surface area contributed by atoms with E-state index < -0.39 is 16.7 Å². The monoisotopic (exact) mass is 332 g/mol. The summed E-state index contributed by atoms with van der Waals surface area (Å²) >= 11 is 0. The molecule has 1 aromatic carbocycles. The molecule has 0 saturated heterocycles. The molecule has 0 fully saturated rings. The topological polar surface area (TPSA) is 95.5 Å². The highest BCUT2D eigenvalue weighted by atomic mass is 19.1. The van der Waals surface area contributed by atoms with Crippen molar-refractivity contribution >= 4 is 5.78 Å². The van der Waals surface area contributed by atoms with E-state index in [-0.39, 0.29) is 34.8 Å². The Morgan fingerprint density at radius 1 is 1.29 bits per heavy atom. The van der Waals surface area contributed by atoms with Gasteiger partial charge in [-0.15, -0.1) is 0 Å². The number of hydrogen-bond acceptors (Lipinski definition) is 5. The molecule has 2 aliphatic rings. The molecule has 0 spiro atoms. The molecule has 0 unspecified atom stereocenters. The third-order valence-corrected chi connectivity index (χ3v) is 4.33. The van der Waals surface area contributed by atoms with E-state index in [0.29, 0.717) is 17.7 Å². The average molecular weight is 332 g/mol. The highest BCUT2D eigenvalue weighted by molar-refractivity contribution is 5.99. The Balaban J connectivity index is 2.19. The lowest BCUT2D eigenvalue weighted by Gasteiger charge is -2.36. The van der Waals surface area contributed by atoms with Crippen LogP contribution >= 0.6 is 0 Å². The van der Waals surface area contributed by atoms with Crippen molar-refractivity contribution in [1.82, 2.24) is 0 Å². The van der Waals surface area contributed by atoms with Gasteiger partial charge in [-0.1, -0.05) is 26.0 Å². The molecule has 3 rings (SSSR count). The number of Topliss-reactive ketones (excluding diaryl/α,β-unsaturated/α-hetero) is 1. The third kappa shape index (κ3) is 2.66. The molecule has 24 heavy (non-hydrogen) atoms. The molecule has 0 amide bonds. The molecule has 0 saturated carbocycles. The highest BCUT2D eigenvalue weighted by Gasteiger charge is 2.47. The van der Waals surface area contributed by atoms with Crippen molar-refractivity contribution in [3.8, 4) is 0 Å². The fourth-order valence-corrected chi connectivity index (χ4v) is 3.33. The lowest BCUT2D eigenvalue weighted by molar-refractivity contribution is -0.433. The van der Waals surface area contributed by atoms with E-state index in [4.69, 9.17) is 10.5 Å². The Morgan fingerprint density at radius 2 is 1.92 bits per heavy atom. The molecule has 0 radical (unpaired) electrons. The minimum absolute atomic E-state index is 0.206. The third-order valence-electron chi connectivity index (χ3n) is 4.33. The van der Waals surface area contributed by atoms with Crippen molar-refractivity contribution in [2.45, 2.75) is 32.6 Å². The number of nitrogens with zero attached hydrogens (tertiary/aromatic N) is 1. The van der Waals surface area contributed by atoms with Crippen LogP contribution in [0.4, 0.5) is 4.39 Å². The van der Waals surface area contributed by atoms with Crippen molar-refractivity contribution in [1.29, 1.82) is 0 Å². The number of carbonyl (C=O) groups excluding carboxylic acids is 1. The lowest BCUT2D eigenvalue weighted by Crippen LogP contribution is -2.35. The van der Waals surface area contributed by atoms with Crippen LogP contribution < -0.4 is 5.73 Å². The summed E-state index contributed by atoms with van der Waals surface area (Å²) in [7, 11) is 0. The SMILES string of the molecule is CC1(C)CC(=O)C2=C(C1)OC(N)=C([N+](=O)[O-])[C@@H]2c1ccc(F)cc1. The summed E-state index contributed by atoms with van der Waals surface area (Å²) in [5.41, 5.74) is 5.78. The number of benzene rings is 1. The van der Waals surface area contributed by atoms with Crippen LogP contribution in [0.3, 0.4) is 0 Å². The second kappa shape index (κ2) is 5.43. The second-order valence-corrected chi connectivity index (χ2v) is 6.87.